The van der Waals surface area contributed by atoms with E-state index in [0.29, 0.717) is 6.42 Å². The lowest BCUT2D eigenvalue weighted by atomic mass is 9.96. The van der Waals surface area contributed by atoms with E-state index in [1.807, 2.05) is 30.3 Å². The third kappa shape index (κ3) is 18.4. The average molecular weight is 1140 g/mol. The minimum atomic E-state index is -2.00. The van der Waals surface area contributed by atoms with Crippen LogP contribution in [0.3, 0.4) is 0 Å². The van der Waals surface area contributed by atoms with Gasteiger partial charge in [-0.2, -0.15) is 0 Å². The summed E-state index contributed by atoms with van der Waals surface area (Å²) in [4.78, 5) is 66.5. The van der Waals surface area contributed by atoms with Gasteiger partial charge in [0.05, 0.1) is 45.2 Å². The normalized spacial score (nSPS) is 35.2. The Hall–Kier alpha value is -4.11. The number of aliphatic hydroxyl groups is 13. The molecule has 0 aromatic heterocycles. The molecule has 4 fully saturated rings. The molecule has 5 rings (SSSR count). The number of likely N-dealkylation sites (N-methyl/N-ethyl adjacent to an activating group) is 1. The number of amides is 5. The van der Waals surface area contributed by atoms with Crippen LogP contribution in [0, 0.1) is 0 Å². The smallest absolute Gasteiger partial charge is 0.244 e. The number of unbranched alkanes of at least 4 members (excludes halogenated alkanes) is 1. The largest absolute Gasteiger partial charge is 0.394 e. The van der Waals surface area contributed by atoms with E-state index in [1.54, 1.807) is 7.05 Å². The summed E-state index contributed by atoms with van der Waals surface area (Å²) in [5.41, 5.74) is 0.869. The summed E-state index contributed by atoms with van der Waals surface area (Å²) in [5.74, 6) is -3.41. The van der Waals surface area contributed by atoms with E-state index >= 15 is 0 Å². The number of benzene rings is 1. The molecule has 0 aliphatic carbocycles. The van der Waals surface area contributed by atoms with Gasteiger partial charge in [0.2, 0.25) is 29.5 Å². The van der Waals surface area contributed by atoms with Gasteiger partial charge in [-0.15, -0.1) is 0 Å². The van der Waals surface area contributed by atoms with Gasteiger partial charge in [0, 0.05) is 25.9 Å². The molecule has 17 N–H and O–H groups in total. The molecule has 0 saturated carbocycles. The van der Waals surface area contributed by atoms with E-state index in [-0.39, 0.29) is 45.4 Å². The quantitative estimate of drug-likeness (QED) is 0.0347. The van der Waals surface area contributed by atoms with Crippen LogP contribution in [0.1, 0.15) is 38.2 Å². The molecule has 0 bridgehead atoms. The molecule has 31 heteroatoms. The minimum absolute atomic E-state index is 0.0953. The van der Waals surface area contributed by atoms with Gasteiger partial charge in [-0.05, 0) is 38.8 Å². The Balaban J connectivity index is 1.18. The Kier molecular flexibility index (Phi) is 26.5. The molecular formula is C48H77N5O26. The van der Waals surface area contributed by atoms with E-state index < -0.39 is 198 Å². The summed E-state index contributed by atoms with van der Waals surface area (Å²) in [7, 11) is 1.58. The van der Waals surface area contributed by atoms with E-state index in [1.165, 1.54) is 6.92 Å². The summed E-state index contributed by atoms with van der Waals surface area (Å²) >= 11 is 0. The van der Waals surface area contributed by atoms with E-state index in [9.17, 15) is 90.4 Å². The third-order valence-electron chi connectivity index (χ3n) is 13.6. The number of hydrogen-bond donors (Lipinski definition) is 17. The molecule has 4 saturated heterocycles. The average Bonchev–Trinajstić information content (AvgIpc) is 3.48. The summed E-state index contributed by atoms with van der Waals surface area (Å²) in [6.07, 6.45) is -33.4. The molecular weight excluding hydrogens is 1060 g/mol. The molecule has 5 amide bonds. The van der Waals surface area contributed by atoms with Crippen molar-refractivity contribution in [2.24, 2.45) is 0 Å². The van der Waals surface area contributed by atoms with Gasteiger partial charge in [-0.25, -0.2) is 0 Å². The topological polar surface area (TPSA) is 474 Å². The van der Waals surface area contributed by atoms with Crippen molar-refractivity contribution in [1.29, 1.82) is 0 Å². The van der Waals surface area contributed by atoms with Crippen LogP contribution in [0.25, 0.3) is 0 Å². The zero-order valence-electron chi connectivity index (χ0n) is 43.5. The van der Waals surface area contributed by atoms with Gasteiger partial charge < -0.3 is 125 Å². The van der Waals surface area contributed by atoms with Crippen molar-refractivity contribution in [3.63, 3.8) is 0 Å². The first-order valence-electron chi connectivity index (χ1n) is 25.8. The van der Waals surface area contributed by atoms with Gasteiger partial charge >= 0.3 is 0 Å². The molecule has 4 aliphatic rings. The minimum Gasteiger partial charge on any atom is -0.394 e. The van der Waals surface area contributed by atoms with Crippen LogP contribution < -0.4 is 21.3 Å². The van der Waals surface area contributed by atoms with Gasteiger partial charge in [0.25, 0.3) is 0 Å². The fraction of sp³-hybridized carbons (Fsp3) is 0.771. The number of hydrogen-bond acceptors (Lipinski definition) is 27. The standard InChI is InChI=1S/C48H77N5O26/c1-22-32(60)36(64)39(67)45(75-22)72-14-12-50-29(57)17-53(31(59)11-7-6-10-28(56)52-44(71)24(49-2)16-23-8-4-3-5-9-23)18-30(58)51-13-15-73-47-42(70)43(79-48-41(69)38(66)34(62)26(20-55)77-48)35(63)27(78-47)21-74-46-40(68)37(65)33(61)25(19-54)76-46/h3-5,8-9,22,24-27,32-43,45-49,54-55,60-70H,6-7,10-21H2,1-2H3,(H,50,57)(H,51,58)(H,52,56,71)/t22-,24-,25+,26+,27+,32+,33+,34+,35+,36+,37-,38-,39-,40-,41-,42-,43-,45+,46-,47-,48+/m0/s1. The molecule has 21 atom stereocenters. The number of carbonyl (C=O) groups excluding carboxylic acids is 5. The van der Waals surface area contributed by atoms with Crippen molar-refractivity contribution in [3.05, 3.63) is 35.9 Å². The Morgan fingerprint density at radius 3 is 1.62 bits per heavy atom. The van der Waals surface area contributed by atoms with Gasteiger partial charge in [-0.3, -0.25) is 29.3 Å². The van der Waals surface area contributed by atoms with Crippen LogP contribution in [-0.4, -0.2) is 296 Å². The summed E-state index contributed by atoms with van der Waals surface area (Å²) in [6.45, 7) is -3.60. The molecule has 0 unspecified atom stereocenters. The third-order valence-corrected chi connectivity index (χ3v) is 13.6. The first kappa shape index (κ1) is 65.7. The van der Waals surface area contributed by atoms with Crippen molar-refractivity contribution in [2.45, 2.75) is 168 Å². The molecule has 79 heavy (non-hydrogen) atoms. The number of aliphatic hydroxyl groups excluding tert-OH is 13. The van der Waals surface area contributed by atoms with Gasteiger partial charge in [0.1, 0.15) is 105 Å². The highest BCUT2D eigenvalue weighted by Gasteiger charge is 2.52. The van der Waals surface area contributed by atoms with Crippen LogP contribution in [-0.2, 0) is 68.3 Å². The number of imide groups is 1. The first-order chi connectivity index (χ1) is 37.6. The Morgan fingerprint density at radius 2 is 1.06 bits per heavy atom. The van der Waals surface area contributed by atoms with Crippen molar-refractivity contribution in [2.75, 3.05) is 66.3 Å². The summed E-state index contributed by atoms with van der Waals surface area (Å²) in [5, 5.41) is 145. The van der Waals surface area contributed by atoms with Crippen LogP contribution in [0.5, 0.6) is 0 Å². The first-order valence-corrected chi connectivity index (χ1v) is 25.8. The van der Waals surface area contributed by atoms with Crippen molar-refractivity contribution in [1.82, 2.24) is 26.2 Å². The number of nitrogens with zero attached hydrogens (tertiary/aromatic N) is 1. The second-order valence-corrected chi connectivity index (χ2v) is 19.4. The van der Waals surface area contributed by atoms with Crippen LogP contribution in [0.2, 0.25) is 0 Å². The highest BCUT2D eigenvalue weighted by Crippen LogP contribution is 2.31. The highest BCUT2D eigenvalue weighted by atomic mass is 16.8. The molecule has 450 valence electrons. The zero-order chi connectivity index (χ0) is 58.1. The van der Waals surface area contributed by atoms with E-state index in [4.69, 9.17) is 37.9 Å². The maximum absolute atomic E-state index is 13.6. The maximum atomic E-state index is 13.6. The number of rotatable bonds is 28. The number of ether oxygens (including phenoxy) is 8. The number of carbonyl (C=O) groups is 5. The Bertz CT molecular complexity index is 2050. The van der Waals surface area contributed by atoms with Crippen LogP contribution in [0.15, 0.2) is 30.3 Å². The number of nitrogens with one attached hydrogen (secondary N) is 4. The van der Waals surface area contributed by atoms with Gasteiger partial charge in [-0.1, -0.05) is 30.3 Å². The molecule has 0 spiro atoms. The zero-order valence-corrected chi connectivity index (χ0v) is 43.5. The van der Waals surface area contributed by atoms with Crippen LogP contribution >= 0.6 is 0 Å². The van der Waals surface area contributed by atoms with E-state index in [0.717, 1.165) is 10.5 Å². The summed E-state index contributed by atoms with van der Waals surface area (Å²) in [6, 6.07) is 8.44. The highest BCUT2D eigenvalue weighted by molar-refractivity contribution is 5.97. The lowest BCUT2D eigenvalue weighted by molar-refractivity contribution is -0.366. The lowest BCUT2D eigenvalue weighted by Crippen LogP contribution is -2.65. The second kappa shape index (κ2) is 31.9. The molecule has 1 aromatic carbocycles. The SMILES string of the molecule is CN[C@@H](Cc1ccccc1)C(=O)NC(=O)CCCCC(=O)N(CC(=O)NCCO[C@@H]1O[C@@H](C)[C@@H](O)[C@@H](O)[C@@H]1O)CC(=O)NCCO[C@H]1O[C@H](CO[C@H]2O[C@H](CO)[C@@H](O)[C@H](O)[C@@H]2O)[C@@H](O)[C@H](O[C@H]2O[C@H](CO)[C@@H](O)[C@H](O)[C@@H]2O)[C@@H]1O. The molecule has 0 radical (unpaired) electrons. The van der Waals surface area contributed by atoms with Crippen LogP contribution in [0.4, 0.5) is 0 Å². The maximum Gasteiger partial charge on any atom is 0.244 e. The lowest BCUT2D eigenvalue weighted by Gasteiger charge is -2.46. The fourth-order valence-corrected chi connectivity index (χ4v) is 8.82. The summed E-state index contributed by atoms with van der Waals surface area (Å²) < 4.78 is 44.3. The van der Waals surface area contributed by atoms with Crippen molar-refractivity contribution < 1.29 is 128 Å². The predicted octanol–water partition coefficient (Wildman–Crippen LogP) is -9.61. The Labute approximate surface area is 453 Å². The molecule has 4 aliphatic heterocycles. The van der Waals surface area contributed by atoms with Crippen molar-refractivity contribution >= 4 is 29.5 Å². The van der Waals surface area contributed by atoms with Crippen molar-refractivity contribution in [3.8, 4) is 0 Å². The fourth-order valence-electron chi connectivity index (χ4n) is 8.82. The Morgan fingerprint density at radius 1 is 0.570 bits per heavy atom. The monoisotopic (exact) mass is 1140 g/mol. The molecule has 4 heterocycles. The van der Waals surface area contributed by atoms with E-state index in [2.05, 4.69) is 21.3 Å². The molecule has 31 nitrogen and oxygen atoms in total. The second-order valence-electron chi connectivity index (χ2n) is 19.4. The van der Waals surface area contributed by atoms with Gasteiger partial charge in [0.15, 0.2) is 25.2 Å². The molecule has 1 aromatic rings. The predicted molar refractivity (Wildman–Crippen MR) is 261 cm³/mol.